The van der Waals surface area contributed by atoms with Crippen molar-refractivity contribution in [3.63, 3.8) is 0 Å². The first-order valence-corrected chi connectivity index (χ1v) is 11.0. The van der Waals surface area contributed by atoms with Crippen LogP contribution in [0.2, 0.25) is 0 Å². The summed E-state index contributed by atoms with van der Waals surface area (Å²) in [4.78, 5) is 12.0. The summed E-state index contributed by atoms with van der Waals surface area (Å²) in [6.45, 7) is 6.85. The maximum absolute atomic E-state index is 12.8. The van der Waals surface area contributed by atoms with Crippen LogP contribution in [0.3, 0.4) is 0 Å². The molecule has 2 atom stereocenters. The van der Waals surface area contributed by atoms with Gasteiger partial charge in [-0.25, -0.2) is 4.98 Å². The van der Waals surface area contributed by atoms with Crippen molar-refractivity contribution >= 4 is 21.8 Å². The third-order valence-corrected chi connectivity index (χ3v) is 6.03. The first kappa shape index (κ1) is 23.4. The molecule has 9 heteroatoms. The topological polar surface area (TPSA) is 86.3 Å². The molecule has 0 spiro atoms. The van der Waals surface area contributed by atoms with E-state index in [0.717, 1.165) is 34.5 Å². The summed E-state index contributed by atoms with van der Waals surface area (Å²) in [6.07, 6.45) is 2.46. The fourth-order valence-electron chi connectivity index (χ4n) is 3.30. The molecular formula is C21H26N3NaO4S. The number of pyridine rings is 1. The molecular weight excluding hydrogens is 413 g/mol. The summed E-state index contributed by atoms with van der Waals surface area (Å²) < 4.78 is 30.1. The van der Waals surface area contributed by atoms with Gasteiger partial charge in [-0.15, -0.1) is 0 Å². The zero-order chi connectivity index (χ0) is 20.4. The molecule has 0 radical (unpaired) electrons. The van der Waals surface area contributed by atoms with Gasteiger partial charge in [0.2, 0.25) is 0 Å². The molecule has 0 amide bonds. The number of benzene rings is 1. The Balaban J connectivity index is 0.00000171. The van der Waals surface area contributed by atoms with E-state index in [9.17, 15) is 4.21 Å². The van der Waals surface area contributed by atoms with E-state index < -0.39 is 16.6 Å². The fourth-order valence-corrected chi connectivity index (χ4v) is 4.40. The van der Waals surface area contributed by atoms with Gasteiger partial charge in [0.1, 0.15) is 5.75 Å². The Morgan fingerprint density at radius 1 is 1.33 bits per heavy atom. The number of fused-ring (bicyclic) bond motifs is 1. The number of rotatable bonds is 7. The molecule has 2 aromatic heterocycles. The zero-order valence-corrected chi connectivity index (χ0v) is 20.6. The number of para-hydroxylation sites is 2. The molecule has 1 fully saturated rings. The van der Waals surface area contributed by atoms with Gasteiger partial charge in [-0.2, -0.15) is 0 Å². The van der Waals surface area contributed by atoms with Gasteiger partial charge in [0.25, 0.3) is 0 Å². The monoisotopic (exact) mass is 439 g/mol. The Kier molecular flexibility index (Phi) is 7.71. The minimum atomic E-state index is -1.32. The molecule has 0 saturated carbocycles. The van der Waals surface area contributed by atoms with Crippen LogP contribution in [0.5, 0.6) is 5.75 Å². The van der Waals surface area contributed by atoms with Crippen molar-refractivity contribution in [1.29, 1.82) is 0 Å². The third kappa shape index (κ3) is 5.49. The van der Waals surface area contributed by atoms with Crippen molar-refractivity contribution in [3.8, 4) is 5.75 Å². The minimum Gasteiger partial charge on any atom is -1.00 e. The summed E-state index contributed by atoms with van der Waals surface area (Å²) in [5.41, 5.74) is 3.31. The van der Waals surface area contributed by atoms with Gasteiger partial charge in [0, 0.05) is 18.2 Å². The predicted octanol–water partition coefficient (Wildman–Crippen LogP) is 0.611. The molecule has 7 nitrogen and oxygen atoms in total. The zero-order valence-electron chi connectivity index (χ0n) is 18.8. The minimum absolute atomic E-state index is 0. The molecule has 1 saturated heterocycles. The molecule has 30 heavy (non-hydrogen) atoms. The van der Waals surface area contributed by atoms with Crippen molar-refractivity contribution in [1.82, 2.24) is 15.0 Å². The first-order chi connectivity index (χ1) is 13.9. The van der Waals surface area contributed by atoms with E-state index in [1.807, 2.05) is 51.1 Å². The second-order valence-electron chi connectivity index (χ2n) is 7.52. The van der Waals surface area contributed by atoms with Crippen molar-refractivity contribution in [2.75, 3.05) is 13.2 Å². The van der Waals surface area contributed by atoms with E-state index in [0.29, 0.717) is 18.4 Å². The van der Waals surface area contributed by atoms with Crippen LogP contribution in [0.25, 0.3) is 11.0 Å². The number of ether oxygens (including phenoxy) is 3. The molecule has 1 aliphatic heterocycles. The largest absolute Gasteiger partial charge is 1.00 e. The predicted molar refractivity (Wildman–Crippen MR) is 111 cm³/mol. The van der Waals surface area contributed by atoms with Gasteiger partial charge in [-0.1, -0.05) is 12.1 Å². The Labute approximate surface area is 202 Å². The SMILES string of the molecule is Cc1c(OCCC2COC(C)(C)O2)ccnc1CS(=O)c1nc2ccccc2[nH]1.[H-].[Na+]. The number of nitrogens with one attached hydrogen (secondary N) is 1. The molecule has 2 unspecified atom stereocenters. The summed E-state index contributed by atoms with van der Waals surface area (Å²) in [6, 6.07) is 9.47. The number of hydrogen-bond acceptors (Lipinski definition) is 6. The van der Waals surface area contributed by atoms with E-state index in [4.69, 9.17) is 14.2 Å². The van der Waals surface area contributed by atoms with Crippen molar-refractivity contribution < 1.29 is 49.4 Å². The first-order valence-electron chi connectivity index (χ1n) is 9.63. The standard InChI is InChI=1S/C21H25N3O4S.Na.H/c1-14-18(13-29(25)20-23-16-6-4-5-7-17(16)24-20)22-10-8-19(14)26-11-9-15-12-27-21(2,3)28-15;;/h4-8,10,15H,9,11-13H2,1-3H3,(H,23,24);;/q;+1;-1. The van der Waals surface area contributed by atoms with Gasteiger partial charge in [-0.05, 0) is 39.0 Å². The molecule has 1 aromatic carbocycles. The summed E-state index contributed by atoms with van der Waals surface area (Å²) in [5, 5.41) is 0.458. The van der Waals surface area contributed by atoms with Gasteiger partial charge >= 0.3 is 29.6 Å². The van der Waals surface area contributed by atoms with Gasteiger partial charge in [-0.3, -0.25) is 9.19 Å². The Hall–Kier alpha value is -1.29. The molecule has 1 N–H and O–H groups in total. The second kappa shape index (κ2) is 9.89. The summed E-state index contributed by atoms with van der Waals surface area (Å²) >= 11 is 0. The average Bonchev–Trinajstić information content (AvgIpc) is 3.27. The van der Waals surface area contributed by atoms with Crippen molar-refractivity contribution in [2.45, 2.75) is 50.0 Å². The fraction of sp³-hybridized carbons (Fsp3) is 0.429. The molecule has 3 heterocycles. The van der Waals surface area contributed by atoms with E-state index in [-0.39, 0.29) is 42.8 Å². The van der Waals surface area contributed by atoms with E-state index in [1.165, 1.54) is 0 Å². The number of aromatic nitrogens is 3. The van der Waals surface area contributed by atoms with E-state index in [1.54, 1.807) is 6.20 Å². The van der Waals surface area contributed by atoms with E-state index in [2.05, 4.69) is 15.0 Å². The summed E-state index contributed by atoms with van der Waals surface area (Å²) in [7, 11) is -1.32. The van der Waals surface area contributed by atoms with Crippen LogP contribution in [0, 0.1) is 6.92 Å². The third-order valence-electron chi connectivity index (χ3n) is 4.87. The van der Waals surface area contributed by atoms with E-state index >= 15 is 0 Å². The maximum atomic E-state index is 12.8. The Bertz CT molecular complexity index is 1010. The van der Waals surface area contributed by atoms with Crippen LogP contribution in [0.15, 0.2) is 41.7 Å². The number of hydrogen-bond donors (Lipinski definition) is 1. The molecule has 0 aliphatic carbocycles. The van der Waals surface area contributed by atoms with Crippen molar-refractivity contribution in [2.24, 2.45) is 0 Å². The normalized spacial score (nSPS) is 18.8. The van der Waals surface area contributed by atoms with Crippen molar-refractivity contribution in [3.05, 3.63) is 47.8 Å². The molecule has 156 valence electrons. The average molecular weight is 440 g/mol. The Morgan fingerprint density at radius 2 is 2.13 bits per heavy atom. The smallest absolute Gasteiger partial charge is 1.00 e. The van der Waals surface area contributed by atoms with Gasteiger partial charge in [0.15, 0.2) is 10.9 Å². The molecule has 4 rings (SSSR count). The number of H-pyrrole nitrogens is 1. The van der Waals surface area contributed by atoms with Crippen LogP contribution in [0.4, 0.5) is 0 Å². The van der Waals surface area contributed by atoms with Gasteiger partial charge in [0.05, 0.1) is 52.6 Å². The maximum Gasteiger partial charge on any atom is 1.00 e. The summed E-state index contributed by atoms with van der Waals surface area (Å²) in [5.74, 6) is 0.497. The number of nitrogens with zero attached hydrogens (tertiary/aromatic N) is 2. The second-order valence-corrected chi connectivity index (χ2v) is 8.88. The van der Waals surface area contributed by atoms with Crippen LogP contribution < -0.4 is 34.3 Å². The van der Waals surface area contributed by atoms with Crippen LogP contribution >= 0.6 is 0 Å². The van der Waals surface area contributed by atoms with Gasteiger partial charge < -0.3 is 20.6 Å². The van der Waals surface area contributed by atoms with Crippen LogP contribution in [0.1, 0.15) is 33.0 Å². The number of aromatic amines is 1. The van der Waals surface area contributed by atoms with Crippen LogP contribution in [-0.4, -0.2) is 44.3 Å². The quantitative estimate of drug-likeness (QED) is 0.543. The molecule has 0 bridgehead atoms. The number of imidazole rings is 1. The Morgan fingerprint density at radius 3 is 2.87 bits per heavy atom. The van der Waals surface area contributed by atoms with Crippen LogP contribution in [-0.2, 0) is 26.0 Å². The molecule has 1 aliphatic rings. The molecule has 3 aromatic rings.